The largest absolute Gasteiger partial charge is 0.497 e. The Hall–Kier alpha value is -2.71. The molecular weight excluding hydrogens is 484 g/mol. The third kappa shape index (κ3) is 4.26. The van der Waals surface area contributed by atoms with E-state index >= 15 is 0 Å². The third-order valence-electron chi connectivity index (χ3n) is 9.37. The van der Waals surface area contributed by atoms with Crippen LogP contribution < -0.4 is 10.1 Å². The second-order valence-corrected chi connectivity index (χ2v) is 11.7. The van der Waals surface area contributed by atoms with Gasteiger partial charge in [-0.25, -0.2) is 0 Å². The van der Waals surface area contributed by atoms with E-state index in [2.05, 4.69) is 12.2 Å². The molecule has 1 saturated carbocycles. The van der Waals surface area contributed by atoms with Crippen LogP contribution in [0.2, 0.25) is 0 Å². The molecule has 1 aliphatic carbocycles. The van der Waals surface area contributed by atoms with Gasteiger partial charge >= 0.3 is 0 Å². The van der Waals surface area contributed by atoms with E-state index in [4.69, 9.17) is 14.2 Å². The lowest BCUT2D eigenvalue weighted by atomic mass is 9.72. The zero-order chi connectivity index (χ0) is 26.4. The number of Topliss-reactive ketones (excluding diaryl/α,β-unsaturated/α-hetero) is 1. The van der Waals surface area contributed by atoms with Crippen molar-refractivity contribution < 1.29 is 28.6 Å². The lowest BCUT2D eigenvalue weighted by molar-refractivity contribution is -0.143. The van der Waals surface area contributed by atoms with Gasteiger partial charge in [0.05, 0.1) is 31.2 Å². The smallest absolute Gasteiger partial charge is 0.246 e. The molecule has 6 rings (SSSR count). The van der Waals surface area contributed by atoms with E-state index in [0.717, 1.165) is 37.7 Å². The van der Waals surface area contributed by atoms with Gasteiger partial charge in [-0.3, -0.25) is 14.4 Å². The van der Waals surface area contributed by atoms with E-state index in [9.17, 15) is 14.4 Å². The quantitative estimate of drug-likeness (QED) is 0.528. The highest BCUT2D eigenvalue weighted by Crippen LogP contribution is 2.55. The molecule has 4 fully saturated rings. The summed E-state index contributed by atoms with van der Waals surface area (Å²) in [6.07, 6.45) is 9.43. The monoisotopic (exact) mass is 522 g/mol. The molecule has 4 aliphatic heterocycles. The number of carbonyl (C=O) groups excluding carboxylic acids is 3. The van der Waals surface area contributed by atoms with Crippen LogP contribution in [0.3, 0.4) is 0 Å². The average molecular weight is 523 g/mol. The molecule has 1 aromatic rings. The number of methoxy groups -OCH3 is 1. The van der Waals surface area contributed by atoms with Gasteiger partial charge in [0, 0.05) is 25.6 Å². The second kappa shape index (κ2) is 10.1. The summed E-state index contributed by atoms with van der Waals surface area (Å²) in [4.78, 5) is 43.5. The molecule has 2 bridgehead atoms. The van der Waals surface area contributed by atoms with E-state index < -0.39 is 29.6 Å². The Bertz CT molecular complexity index is 1130. The highest BCUT2D eigenvalue weighted by atomic mass is 16.5. The molecule has 204 valence electrons. The summed E-state index contributed by atoms with van der Waals surface area (Å²) in [5.74, 6) is -0.667. The van der Waals surface area contributed by atoms with Gasteiger partial charge in [-0.1, -0.05) is 44.1 Å². The van der Waals surface area contributed by atoms with Crippen molar-refractivity contribution in [2.45, 2.75) is 81.8 Å². The third-order valence-corrected chi connectivity index (χ3v) is 9.37. The van der Waals surface area contributed by atoms with Crippen molar-refractivity contribution in [3.8, 4) is 5.75 Å². The number of rotatable bonds is 8. The molecule has 1 N–H and O–H groups in total. The van der Waals surface area contributed by atoms with Crippen LogP contribution in [0.5, 0.6) is 5.75 Å². The van der Waals surface area contributed by atoms with Crippen molar-refractivity contribution in [3.05, 3.63) is 42.0 Å². The fourth-order valence-corrected chi connectivity index (χ4v) is 7.43. The number of ether oxygens (including phenoxy) is 3. The van der Waals surface area contributed by atoms with Gasteiger partial charge in [0.15, 0.2) is 0 Å². The van der Waals surface area contributed by atoms with Crippen LogP contribution in [0.25, 0.3) is 0 Å². The summed E-state index contributed by atoms with van der Waals surface area (Å²) >= 11 is 0. The van der Waals surface area contributed by atoms with Crippen LogP contribution in [0.4, 0.5) is 0 Å². The van der Waals surface area contributed by atoms with Crippen molar-refractivity contribution in [3.63, 3.8) is 0 Å². The van der Waals surface area contributed by atoms with Crippen LogP contribution in [-0.2, 0) is 30.3 Å². The fraction of sp³-hybridized carbons (Fsp3) is 0.633. The number of carbonyl (C=O) groups is 3. The van der Waals surface area contributed by atoms with Crippen molar-refractivity contribution in [1.29, 1.82) is 0 Å². The first kappa shape index (κ1) is 25.6. The highest BCUT2D eigenvalue weighted by Gasteiger charge is 2.72. The maximum Gasteiger partial charge on any atom is 0.246 e. The first-order chi connectivity index (χ1) is 18.4. The minimum absolute atomic E-state index is 0.0492. The SMILES string of the molecule is COc1cccc(CC(=O)C2C3C=CC4(O3)C2C(=O)N(CC2CCCO2)C4C(=O)NC2CCCCC2C)c1. The number of amides is 2. The first-order valence-electron chi connectivity index (χ1n) is 14.2. The lowest BCUT2D eigenvalue weighted by Crippen LogP contribution is -2.58. The van der Waals surface area contributed by atoms with Gasteiger partial charge in [0.25, 0.3) is 0 Å². The number of nitrogens with zero attached hydrogens (tertiary/aromatic N) is 1. The van der Waals surface area contributed by atoms with Gasteiger partial charge in [-0.2, -0.15) is 0 Å². The summed E-state index contributed by atoms with van der Waals surface area (Å²) < 4.78 is 17.7. The van der Waals surface area contributed by atoms with Crippen molar-refractivity contribution >= 4 is 17.6 Å². The number of likely N-dealkylation sites (tertiary alicyclic amines) is 1. The Morgan fingerprint density at radius 2 is 2.03 bits per heavy atom. The Kier molecular flexibility index (Phi) is 6.80. The summed E-state index contributed by atoms with van der Waals surface area (Å²) in [6.45, 7) is 3.19. The van der Waals surface area contributed by atoms with Crippen LogP contribution in [0, 0.1) is 17.8 Å². The molecule has 8 nitrogen and oxygen atoms in total. The number of benzene rings is 1. The maximum atomic E-state index is 14.1. The van der Waals surface area contributed by atoms with Gasteiger partial charge in [-0.05, 0) is 49.3 Å². The average Bonchev–Trinajstić information content (AvgIpc) is 3.69. The van der Waals surface area contributed by atoms with Crippen molar-refractivity contribution in [1.82, 2.24) is 10.2 Å². The summed E-state index contributed by atoms with van der Waals surface area (Å²) in [5, 5.41) is 3.29. The molecule has 8 heteroatoms. The van der Waals surface area contributed by atoms with Gasteiger partial charge < -0.3 is 24.4 Å². The Labute approximate surface area is 224 Å². The molecule has 8 atom stereocenters. The molecule has 0 aromatic heterocycles. The van der Waals surface area contributed by atoms with Gasteiger partial charge in [0.2, 0.25) is 11.8 Å². The van der Waals surface area contributed by atoms with Crippen LogP contribution >= 0.6 is 0 Å². The molecule has 2 amide bonds. The summed E-state index contributed by atoms with van der Waals surface area (Å²) in [5.41, 5.74) is -0.297. The number of nitrogens with one attached hydrogen (secondary N) is 1. The normalized spacial score (nSPS) is 37.5. The fourth-order valence-electron chi connectivity index (χ4n) is 7.43. The van der Waals surface area contributed by atoms with Crippen molar-refractivity contribution in [2.75, 3.05) is 20.3 Å². The molecule has 0 radical (unpaired) electrons. The minimum atomic E-state index is -1.13. The molecule has 1 aromatic carbocycles. The Morgan fingerprint density at radius 1 is 1.18 bits per heavy atom. The first-order valence-corrected chi connectivity index (χ1v) is 14.2. The standard InChI is InChI=1S/C30H38N2O6/c1-18-7-3-4-11-22(18)31-28(34)27-30-13-12-24(38-30)25(23(33)16-19-8-5-9-20(15-19)36-2)26(30)29(35)32(27)17-21-10-6-14-37-21/h5,8-9,12-13,15,18,21-22,24-27H,3-4,6-7,10-11,14,16-17H2,1-2H3,(H,31,34). The van der Waals surface area contributed by atoms with Crippen LogP contribution in [-0.4, -0.2) is 72.7 Å². The van der Waals surface area contributed by atoms with Crippen LogP contribution in [0.1, 0.15) is 51.0 Å². The highest BCUT2D eigenvalue weighted by molar-refractivity contribution is 6.00. The van der Waals surface area contributed by atoms with E-state index in [1.807, 2.05) is 36.4 Å². The topological polar surface area (TPSA) is 94.2 Å². The molecule has 8 unspecified atom stereocenters. The summed E-state index contributed by atoms with van der Waals surface area (Å²) in [7, 11) is 1.60. The predicted octanol–water partition coefficient (Wildman–Crippen LogP) is 2.83. The Balaban J connectivity index is 1.29. The van der Waals surface area contributed by atoms with E-state index in [1.54, 1.807) is 12.0 Å². The van der Waals surface area contributed by atoms with E-state index in [0.29, 0.717) is 24.8 Å². The zero-order valence-corrected chi connectivity index (χ0v) is 22.3. The predicted molar refractivity (Wildman–Crippen MR) is 139 cm³/mol. The zero-order valence-electron chi connectivity index (χ0n) is 22.3. The lowest BCUT2D eigenvalue weighted by Gasteiger charge is -2.36. The van der Waals surface area contributed by atoms with E-state index in [1.165, 1.54) is 6.42 Å². The minimum Gasteiger partial charge on any atom is -0.497 e. The number of hydrogen-bond donors (Lipinski definition) is 1. The van der Waals surface area contributed by atoms with Crippen LogP contribution in [0.15, 0.2) is 36.4 Å². The summed E-state index contributed by atoms with van der Waals surface area (Å²) in [6, 6.07) is 6.71. The second-order valence-electron chi connectivity index (χ2n) is 11.7. The molecule has 4 heterocycles. The maximum absolute atomic E-state index is 14.1. The molecular formula is C30H38N2O6. The molecule has 38 heavy (non-hydrogen) atoms. The molecule has 1 spiro atoms. The molecule has 3 saturated heterocycles. The Morgan fingerprint density at radius 3 is 2.79 bits per heavy atom. The van der Waals surface area contributed by atoms with Gasteiger partial charge in [-0.15, -0.1) is 0 Å². The number of fused-ring (bicyclic) bond motifs is 1. The number of ketones is 1. The number of hydrogen-bond acceptors (Lipinski definition) is 6. The van der Waals surface area contributed by atoms with E-state index in [-0.39, 0.29) is 36.2 Å². The molecule has 5 aliphatic rings. The van der Waals surface area contributed by atoms with Crippen molar-refractivity contribution in [2.24, 2.45) is 17.8 Å². The van der Waals surface area contributed by atoms with Gasteiger partial charge in [0.1, 0.15) is 23.2 Å².